The van der Waals surface area contributed by atoms with Gasteiger partial charge in [-0.3, -0.25) is 19.5 Å². The number of aromatic nitrogens is 3. The molecule has 1 atom stereocenters. The third-order valence-corrected chi connectivity index (χ3v) is 8.00. The number of amides is 1. The highest BCUT2D eigenvalue weighted by molar-refractivity contribution is 8.00. The molecule has 2 aromatic carbocycles. The van der Waals surface area contributed by atoms with Gasteiger partial charge in [-0.2, -0.15) is 0 Å². The van der Waals surface area contributed by atoms with E-state index in [9.17, 15) is 14.7 Å². The molecule has 0 radical (unpaired) electrons. The first-order chi connectivity index (χ1) is 17.4. The lowest BCUT2D eigenvalue weighted by molar-refractivity contribution is -0.132. The topological polar surface area (TPSA) is 96.3 Å². The van der Waals surface area contributed by atoms with Gasteiger partial charge in [0.15, 0.2) is 4.34 Å². The molecule has 2 aromatic heterocycles. The van der Waals surface area contributed by atoms with Gasteiger partial charge in [0.1, 0.15) is 5.76 Å². The van der Waals surface area contributed by atoms with E-state index in [-0.39, 0.29) is 11.3 Å². The van der Waals surface area contributed by atoms with Crippen LogP contribution in [0.5, 0.6) is 0 Å². The van der Waals surface area contributed by atoms with Crippen molar-refractivity contribution in [2.45, 2.75) is 30.0 Å². The Labute approximate surface area is 216 Å². The lowest BCUT2D eigenvalue weighted by Gasteiger charge is -2.22. The van der Waals surface area contributed by atoms with Crippen molar-refractivity contribution in [2.24, 2.45) is 0 Å². The quantitative estimate of drug-likeness (QED) is 0.120. The molecule has 1 aliphatic heterocycles. The second-order valence-electron chi connectivity index (χ2n) is 8.44. The minimum atomic E-state index is -0.832. The van der Waals surface area contributed by atoms with Gasteiger partial charge in [0, 0.05) is 23.7 Å². The molecule has 3 heterocycles. The number of nitrogens with zero attached hydrogens (tertiary/aromatic N) is 4. The fraction of sp³-hybridized carbons (Fsp3) is 0.148. The van der Waals surface area contributed by atoms with Crippen molar-refractivity contribution in [1.29, 1.82) is 0 Å². The summed E-state index contributed by atoms with van der Waals surface area (Å²) in [5.41, 5.74) is 4.50. The molecule has 0 bridgehead atoms. The van der Waals surface area contributed by atoms with E-state index in [0.29, 0.717) is 26.4 Å². The molecule has 1 unspecified atom stereocenters. The number of thioether (sulfide) groups is 1. The summed E-state index contributed by atoms with van der Waals surface area (Å²) in [4.78, 5) is 31.8. The second kappa shape index (κ2) is 10.0. The van der Waals surface area contributed by atoms with Gasteiger partial charge in [-0.15, -0.1) is 10.2 Å². The number of Topliss-reactive ketones (excluding diaryl/α,β-unsaturated/α-hetero) is 1. The Hall–Kier alpha value is -3.82. The molecule has 180 valence electrons. The van der Waals surface area contributed by atoms with Gasteiger partial charge in [0.2, 0.25) is 5.13 Å². The molecule has 9 heteroatoms. The van der Waals surface area contributed by atoms with Crippen LogP contribution < -0.4 is 4.90 Å². The van der Waals surface area contributed by atoms with E-state index in [1.807, 2.05) is 38.1 Å². The van der Waals surface area contributed by atoms with Crippen molar-refractivity contribution >= 4 is 45.7 Å². The summed E-state index contributed by atoms with van der Waals surface area (Å²) in [5.74, 6) is -1.05. The van der Waals surface area contributed by atoms with E-state index in [1.165, 1.54) is 46.0 Å². The molecule has 36 heavy (non-hydrogen) atoms. The first kappa shape index (κ1) is 23.9. The number of aliphatic hydroxyl groups excluding tert-OH is 1. The smallest absolute Gasteiger partial charge is 0.301 e. The number of rotatable bonds is 6. The SMILES string of the molecule is Cc1ccc(CSc2nnc(N3C(=O)C(=O)C(=C(O)c4ccncc4)C3c3ccc(C)cc3)s2)cc1. The number of ketones is 1. The molecule has 7 nitrogen and oxygen atoms in total. The van der Waals surface area contributed by atoms with Crippen LogP contribution in [0.3, 0.4) is 0 Å². The van der Waals surface area contributed by atoms with Crippen LogP contribution in [0.25, 0.3) is 5.76 Å². The summed E-state index contributed by atoms with van der Waals surface area (Å²) >= 11 is 2.77. The van der Waals surface area contributed by atoms with Crippen LogP contribution in [0, 0.1) is 13.8 Å². The number of carbonyl (C=O) groups excluding carboxylic acids is 2. The third kappa shape index (κ3) is 4.67. The Morgan fingerprint density at radius 2 is 1.58 bits per heavy atom. The molecule has 1 aliphatic rings. The monoisotopic (exact) mass is 514 g/mol. The van der Waals surface area contributed by atoms with Crippen molar-refractivity contribution in [2.75, 3.05) is 4.90 Å². The van der Waals surface area contributed by atoms with E-state index in [4.69, 9.17) is 0 Å². The highest BCUT2D eigenvalue weighted by Crippen LogP contribution is 2.44. The molecule has 0 spiro atoms. The zero-order valence-corrected chi connectivity index (χ0v) is 21.2. The maximum Gasteiger partial charge on any atom is 0.301 e. The van der Waals surface area contributed by atoms with Crippen LogP contribution in [-0.2, 0) is 15.3 Å². The third-order valence-electron chi connectivity index (χ3n) is 5.88. The number of hydrogen-bond donors (Lipinski definition) is 1. The van der Waals surface area contributed by atoms with Gasteiger partial charge in [-0.05, 0) is 37.1 Å². The normalized spacial score (nSPS) is 17.1. The molecule has 1 saturated heterocycles. The Balaban J connectivity index is 1.52. The van der Waals surface area contributed by atoms with Crippen LogP contribution >= 0.6 is 23.1 Å². The molecule has 4 aromatic rings. The minimum absolute atomic E-state index is 0.0131. The lowest BCUT2D eigenvalue weighted by atomic mass is 9.95. The van der Waals surface area contributed by atoms with E-state index in [0.717, 1.165) is 11.1 Å². The van der Waals surface area contributed by atoms with E-state index in [2.05, 4.69) is 39.4 Å². The predicted molar refractivity (Wildman–Crippen MR) is 141 cm³/mol. The molecule has 1 fully saturated rings. The maximum absolute atomic E-state index is 13.3. The van der Waals surface area contributed by atoms with Crippen molar-refractivity contribution in [3.05, 3.63) is 106 Å². The number of carbonyl (C=O) groups is 2. The largest absolute Gasteiger partial charge is 0.507 e. The van der Waals surface area contributed by atoms with Crippen LogP contribution in [0.15, 0.2) is 83.0 Å². The van der Waals surface area contributed by atoms with Crippen LogP contribution in [0.1, 0.15) is 33.9 Å². The van der Waals surface area contributed by atoms with Crippen LogP contribution in [-0.4, -0.2) is 32.0 Å². The van der Waals surface area contributed by atoms with Crippen LogP contribution in [0.2, 0.25) is 0 Å². The van der Waals surface area contributed by atoms with Crippen molar-refractivity contribution in [3.63, 3.8) is 0 Å². The lowest BCUT2D eigenvalue weighted by Crippen LogP contribution is -2.29. The fourth-order valence-electron chi connectivity index (χ4n) is 3.95. The average molecular weight is 515 g/mol. The number of benzene rings is 2. The molecule has 1 amide bonds. The summed E-state index contributed by atoms with van der Waals surface area (Å²) in [5, 5.41) is 19.9. The Morgan fingerprint density at radius 1 is 0.944 bits per heavy atom. The number of aliphatic hydroxyl groups is 1. The molecule has 0 aliphatic carbocycles. The van der Waals surface area contributed by atoms with E-state index < -0.39 is 17.7 Å². The van der Waals surface area contributed by atoms with Gasteiger partial charge in [0.25, 0.3) is 5.78 Å². The number of anilines is 1. The number of hydrogen-bond acceptors (Lipinski definition) is 8. The van der Waals surface area contributed by atoms with Gasteiger partial charge in [0.05, 0.1) is 11.6 Å². The summed E-state index contributed by atoms with van der Waals surface area (Å²) < 4.78 is 0.685. The van der Waals surface area contributed by atoms with Gasteiger partial charge in [-0.25, -0.2) is 0 Å². The highest BCUT2D eigenvalue weighted by atomic mass is 32.2. The zero-order valence-electron chi connectivity index (χ0n) is 19.6. The van der Waals surface area contributed by atoms with Crippen molar-refractivity contribution in [3.8, 4) is 0 Å². The summed E-state index contributed by atoms with van der Waals surface area (Å²) in [6, 6.07) is 18.1. The first-order valence-electron chi connectivity index (χ1n) is 11.2. The van der Waals surface area contributed by atoms with E-state index >= 15 is 0 Å². The summed E-state index contributed by atoms with van der Waals surface area (Å²) in [6.07, 6.45) is 3.04. The molecule has 5 rings (SSSR count). The average Bonchev–Trinajstić information content (AvgIpc) is 3.46. The van der Waals surface area contributed by atoms with Crippen molar-refractivity contribution < 1.29 is 14.7 Å². The van der Waals surface area contributed by atoms with Gasteiger partial charge in [-0.1, -0.05) is 82.8 Å². The maximum atomic E-state index is 13.3. The molecule has 0 saturated carbocycles. The Kier molecular flexibility index (Phi) is 6.67. The fourth-order valence-corrected chi connectivity index (χ4v) is 5.77. The Morgan fingerprint density at radius 3 is 2.25 bits per heavy atom. The number of aryl methyl sites for hydroxylation is 2. The Bertz CT molecular complexity index is 1450. The molecule has 1 N–H and O–H groups in total. The predicted octanol–water partition coefficient (Wildman–Crippen LogP) is 5.47. The van der Waals surface area contributed by atoms with Gasteiger partial charge < -0.3 is 5.11 Å². The highest BCUT2D eigenvalue weighted by Gasteiger charge is 2.48. The molecular weight excluding hydrogens is 492 g/mol. The van der Waals surface area contributed by atoms with Crippen LogP contribution in [0.4, 0.5) is 5.13 Å². The zero-order chi connectivity index (χ0) is 25.2. The second-order valence-corrected chi connectivity index (χ2v) is 10.6. The summed E-state index contributed by atoms with van der Waals surface area (Å²) in [7, 11) is 0. The van der Waals surface area contributed by atoms with Crippen molar-refractivity contribution in [1.82, 2.24) is 15.2 Å². The summed E-state index contributed by atoms with van der Waals surface area (Å²) in [6.45, 7) is 4.00. The van der Waals surface area contributed by atoms with Gasteiger partial charge >= 0.3 is 5.91 Å². The van der Waals surface area contributed by atoms with E-state index in [1.54, 1.807) is 12.1 Å². The minimum Gasteiger partial charge on any atom is -0.507 e. The number of pyridine rings is 1. The molecular formula is C27H22N4O3S2. The first-order valence-corrected chi connectivity index (χ1v) is 13.0. The standard InChI is InChI=1S/C27H22N4O3S2/c1-16-3-7-18(8-4-16)15-35-27-30-29-26(36-27)31-22(19-9-5-17(2)6-10-19)21(24(33)25(31)34)23(32)20-11-13-28-14-12-20/h3-14,22,32H,15H2,1-2H3.